The molecular weight excluding hydrogens is 261 g/mol. The van der Waals surface area contributed by atoms with Crippen LogP contribution in [0, 0.1) is 11.7 Å². The Morgan fingerprint density at radius 2 is 2.00 bits per heavy atom. The highest BCUT2D eigenvalue weighted by molar-refractivity contribution is 6.30. The molecule has 0 amide bonds. The Kier molecular flexibility index (Phi) is 7.40. The second-order valence-electron chi connectivity index (χ2n) is 5.57. The van der Waals surface area contributed by atoms with Gasteiger partial charge in [0, 0.05) is 6.04 Å². The van der Waals surface area contributed by atoms with Crippen molar-refractivity contribution < 1.29 is 4.39 Å². The lowest BCUT2D eigenvalue weighted by Gasteiger charge is -2.20. The first-order valence-electron chi connectivity index (χ1n) is 7.20. The molecule has 1 atom stereocenters. The van der Waals surface area contributed by atoms with E-state index in [0.717, 1.165) is 31.4 Å². The first-order chi connectivity index (χ1) is 9.02. The highest BCUT2D eigenvalue weighted by atomic mass is 35.5. The Morgan fingerprint density at radius 1 is 1.26 bits per heavy atom. The summed E-state index contributed by atoms with van der Waals surface area (Å²) < 4.78 is 13.4. The van der Waals surface area contributed by atoms with Gasteiger partial charge in [0.25, 0.3) is 0 Å². The Hall–Kier alpha value is -0.600. The molecule has 0 bridgehead atoms. The fraction of sp³-hybridized carbons (Fsp3) is 0.625. The third-order valence-electron chi connectivity index (χ3n) is 3.24. The largest absolute Gasteiger partial charge is 0.314 e. The van der Waals surface area contributed by atoms with Gasteiger partial charge in [-0.15, -0.1) is 0 Å². The maximum absolute atomic E-state index is 13.4. The average Bonchev–Trinajstić information content (AvgIpc) is 2.37. The van der Waals surface area contributed by atoms with Gasteiger partial charge in [-0.25, -0.2) is 4.39 Å². The molecule has 0 saturated heterocycles. The molecule has 0 aromatic heterocycles. The average molecular weight is 286 g/mol. The number of nitrogens with one attached hydrogen (secondary N) is 1. The van der Waals surface area contributed by atoms with Crippen LogP contribution >= 0.6 is 11.6 Å². The van der Waals surface area contributed by atoms with Crippen LogP contribution in [0.1, 0.15) is 45.6 Å². The normalized spacial score (nSPS) is 12.9. The van der Waals surface area contributed by atoms with Crippen LogP contribution in [-0.4, -0.2) is 12.6 Å². The third-order valence-corrected chi connectivity index (χ3v) is 3.55. The van der Waals surface area contributed by atoms with Gasteiger partial charge >= 0.3 is 0 Å². The molecule has 1 N–H and O–H groups in total. The van der Waals surface area contributed by atoms with Crippen LogP contribution in [0.3, 0.4) is 0 Å². The van der Waals surface area contributed by atoms with Crippen LogP contribution < -0.4 is 5.32 Å². The molecule has 0 aliphatic heterocycles. The summed E-state index contributed by atoms with van der Waals surface area (Å²) in [5.41, 5.74) is 1.01. The molecule has 0 aliphatic carbocycles. The van der Waals surface area contributed by atoms with Crippen molar-refractivity contribution in [3.8, 4) is 0 Å². The van der Waals surface area contributed by atoms with E-state index in [0.29, 0.717) is 12.0 Å². The van der Waals surface area contributed by atoms with Gasteiger partial charge in [-0.2, -0.15) is 0 Å². The summed E-state index contributed by atoms with van der Waals surface area (Å²) >= 11 is 5.71. The van der Waals surface area contributed by atoms with E-state index in [1.807, 2.05) is 6.07 Å². The Morgan fingerprint density at radius 3 is 2.58 bits per heavy atom. The summed E-state index contributed by atoms with van der Waals surface area (Å²) in [4.78, 5) is 0. The van der Waals surface area contributed by atoms with Crippen LogP contribution in [0.15, 0.2) is 18.2 Å². The van der Waals surface area contributed by atoms with Crippen molar-refractivity contribution in [1.29, 1.82) is 0 Å². The summed E-state index contributed by atoms with van der Waals surface area (Å²) in [5.74, 6) is 0.380. The molecule has 0 heterocycles. The first kappa shape index (κ1) is 16.5. The number of hydrogen-bond acceptors (Lipinski definition) is 1. The van der Waals surface area contributed by atoms with Crippen molar-refractivity contribution in [3.63, 3.8) is 0 Å². The molecule has 1 nitrogen and oxygen atoms in total. The summed E-state index contributed by atoms with van der Waals surface area (Å²) in [7, 11) is 0. The van der Waals surface area contributed by atoms with Gasteiger partial charge in [0.15, 0.2) is 0 Å². The third kappa shape index (κ3) is 6.40. The zero-order valence-corrected chi connectivity index (χ0v) is 12.9. The lowest BCUT2D eigenvalue weighted by atomic mass is 9.97. The topological polar surface area (TPSA) is 12.0 Å². The van der Waals surface area contributed by atoms with E-state index in [4.69, 9.17) is 11.6 Å². The molecule has 0 fully saturated rings. The smallest absolute Gasteiger partial charge is 0.142 e. The van der Waals surface area contributed by atoms with Gasteiger partial charge in [0.1, 0.15) is 5.82 Å². The Balaban J connectivity index is 2.61. The van der Waals surface area contributed by atoms with Crippen LogP contribution in [0.25, 0.3) is 0 Å². The highest BCUT2D eigenvalue weighted by Gasteiger charge is 2.11. The molecular formula is C16H25ClFN. The molecule has 1 aromatic carbocycles. The number of halogens is 2. The van der Waals surface area contributed by atoms with Crippen LogP contribution in [0.4, 0.5) is 4.39 Å². The molecule has 3 heteroatoms. The fourth-order valence-corrected chi connectivity index (χ4v) is 2.23. The summed E-state index contributed by atoms with van der Waals surface area (Å²) in [6.45, 7) is 7.64. The van der Waals surface area contributed by atoms with E-state index < -0.39 is 0 Å². The molecule has 19 heavy (non-hydrogen) atoms. The lowest BCUT2D eigenvalue weighted by molar-refractivity contribution is 0.427. The zero-order chi connectivity index (χ0) is 14.3. The van der Waals surface area contributed by atoms with Crippen molar-refractivity contribution in [1.82, 2.24) is 5.32 Å². The van der Waals surface area contributed by atoms with Crippen LogP contribution in [0.5, 0.6) is 0 Å². The minimum absolute atomic E-state index is 0.198. The second-order valence-corrected chi connectivity index (χ2v) is 5.98. The first-order valence-corrected chi connectivity index (χ1v) is 7.58. The van der Waals surface area contributed by atoms with Crippen molar-refractivity contribution in [2.45, 2.75) is 52.5 Å². The molecule has 0 spiro atoms. The summed E-state index contributed by atoms with van der Waals surface area (Å²) in [6.07, 6.45) is 4.30. The second kappa shape index (κ2) is 8.55. The predicted octanol–water partition coefficient (Wildman–Crippen LogP) is 4.83. The van der Waals surface area contributed by atoms with Crippen molar-refractivity contribution in [3.05, 3.63) is 34.6 Å². The predicted molar refractivity (Wildman–Crippen MR) is 81.3 cm³/mol. The van der Waals surface area contributed by atoms with E-state index in [9.17, 15) is 4.39 Å². The molecule has 0 aliphatic rings. The number of rotatable bonds is 8. The van der Waals surface area contributed by atoms with E-state index in [-0.39, 0.29) is 10.8 Å². The van der Waals surface area contributed by atoms with Crippen LogP contribution in [0.2, 0.25) is 5.02 Å². The van der Waals surface area contributed by atoms with Crippen molar-refractivity contribution in [2.24, 2.45) is 5.92 Å². The Bertz CT molecular complexity index is 379. The van der Waals surface area contributed by atoms with Gasteiger partial charge in [0.05, 0.1) is 5.02 Å². The van der Waals surface area contributed by atoms with E-state index in [1.165, 1.54) is 6.42 Å². The minimum Gasteiger partial charge on any atom is -0.314 e. The van der Waals surface area contributed by atoms with E-state index >= 15 is 0 Å². The lowest BCUT2D eigenvalue weighted by Crippen LogP contribution is -2.32. The van der Waals surface area contributed by atoms with Gasteiger partial charge in [-0.3, -0.25) is 0 Å². The molecule has 1 rings (SSSR count). The monoisotopic (exact) mass is 285 g/mol. The molecule has 1 aromatic rings. The quantitative estimate of drug-likeness (QED) is 0.722. The summed E-state index contributed by atoms with van der Waals surface area (Å²) in [6, 6.07) is 5.54. The van der Waals surface area contributed by atoms with Crippen LogP contribution in [-0.2, 0) is 6.42 Å². The SMILES string of the molecule is CCCNC(CCC(C)C)Cc1ccc(Cl)c(F)c1. The van der Waals surface area contributed by atoms with E-state index in [2.05, 4.69) is 26.1 Å². The number of hydrogen-bond donors (Lipinski definition) is 1. The van der Waals surface area contributed by atoms with Gasteiger partial charge in [0.2, 0.25) is 0 Å². The van der Waals surface area contributed by atoms with Crippen molar-refractivity contribution >= 4 is 11.6 Å². The number of benzene rings is 1. The highest BCUT2D eigenvalue weighted by Crippen LogP contribution is 2.18. The molecule has 0 radical (unpaired) electrons. The molecule has 108 valence electrons. The maximum atomic E-state index is 13.4. The minimum atomic E-state index is -0.322. The van der Waals surface area contributed by atoms with Gasteiger partial charge in [-0.1, -0.05) is 38.4 Å². The Labute approximate surface area is 121 Å². The molecule has 0 saturated carbocycles. The molecule has 1 unspecified atom stereocenters. The van der Waals surface area contributed by atoms with Gasteiger partial charge < -0.3 is 5.32 Å². The zero-order valence-electron chi connectivity index (χ0n) is 12.2. The fourth-order valence-electron chi connectivity index (χ4n) is 2.11. The maximum Gasteiger partial charge on any atom is 0.142 e. The van der Waals surface area contributed by atoms with E-state index in [1.54, 1.807) is 12.1 Å². The van der Waals surface area contributed by atoms with Crippen molar-refractivity contribution in [2.75, 3.05) is 6.54 Å². The standard InChI is InChI=1S/C16H25ClFN/c1-4-9-19-14(7-5-12(2)3)10-13-6-8-15(17)16(18)11-13/h6,8,11-12,14,19H,4-5,7,9-10H2,1-3H3. The van der Waals surface area contributed by atoms with Gasteiger partial charge in [-0.05, 0) is 55.8 Å². The summed E-state index contributed by atoms with van der Waals surface area (Å²) in [5, 5.41) is 3.75.